The Bertz CT molecular complexity index is 790. The molecule has 0 spiro atoms. The zero-order valence-electron chi connectivity index (χ0n) is 16.5. The van der Waals surface area contributed by atoms with E-state index in [9.17, 15) is 13.2 Å². The second-order valence-corrected chi connectivity index (χ2v) is 11.2. The second-order valence-electron chi connectivity index (χ2n) is 8.96. The Morgan fingerprint density at radius 1 is 1.07 bits per heavy atom. The Hall–Kier alpha value is -1.44. The number of aromatic nitrogens is 2. The molecule has 2 heterocycles. The fourth-order valence-corrected chi connectivity index (χ4v) is 6.98. The van der Waals surface area contributed by atoms with Gasteiger partial charge >= 0.3 is 0 Å². The van der Waals surface area contributed by atoms with E-state index in [1.54, 1.807) is 0 Å². The van der Waals surface area contributed by atoms with Crippen molar-refractivity contribution < 1.29 is 17.7 Å². The lowest BCUT2D eigenvalue weighted by Gasteiger charge is -2.31. The molecule has 3 fully saturated rings. The largest absolute Gasteiger partial charge is 0.343 e. The molecule has 156 valence electrons. The first kappa shape index (κ1) is 19.9. The zero-order chi connectivity index (χ0) is 19.6. The molecule has 4 rings (SSSR count). The molecule has 0 bridgehead atoms. The van der Waals surface area contributed by atoms with Crippen molar-refractivity contribution in [3.63, 3.8) is 0 Å². The van der Waals surface area contributed by atoms with E-state index in [4.69, 9.17) is 9.51 Å². The monoisotopic (exact) mass is 409 g/mol. The summed E-state index contributed by atoms with van der Waals surface area (Å²) >= 11 is 0. The standard InChI is InChI=1S/C20H31N3O4S/c24-17(13-15-9-12-28(25,26)14-15)22-20(10-5-1-2-6-11-20)19-21-18(27-23-19)16-7-3-4-8-16/h15-16H,1-14H2,(H,22,24). The van der Waals surface area contributed by atoms with Crippen molar-refractivity contribution in [2.45, 2.75) is 88.5 Å². The van der Waals surface area contributed by atoms with Gasteiger partial charge in [-0.1, -0.05) is 43.7 Å². The molecule has 0 aromatic carbocycles. The van der Waals surface area contributed by atoms with Crippen LogP contribution in [0.4, 0.5) is 0 Å². The van der Waals surface area contributed by atoms with E-state index in [0.717, 1.165) is 51.4 Å². The Balaban J connectivity index is 1.50. The predicted molar refractivity (Wildman–Crippen MR) is 104 cm³/mol. The normalized spacial score (nSPS) is 27.5. The van der Waals surface area contributed by atoms with E-state index in [1.807, 2.05) is 0 Å². The lowest BCUT2D eigenvalue weighted by molar-refractivity contribution is -0.124. The van der Waals surface area contributed by atoms with Crippen molar-refractivity contribution in [3.05, 3.63) is 11.7 Å². The molecule has 1 saturated heterocycles. The summed E-state index contributed by atoms with van der Waals surface area (Å²) in [6, 6.07) is 0. The maximum Gasteiger partial charge on any atom is 0.229 e. The first-order valence-electron chi connectivity index (χ1n) is 10.8. The van der Waals surface area contributed by atoms with Gasteiger partial charge in [-0.3, -0.25) is 4.79 Å². The average Bonchev–Trinajstić information content (AvgIpc) is 3.35. The van der Waals surface area contributed by atoms with Gasteiger partial charge in [0.1, 0.15) is 5.54 Å². The first-order chi connectivity index (χ1) is 13.5. The quantitative estimate of drug-likeness (QED) is 0.749. The van der Waals surface area contributed by atoms with E-state index in [1.165, 1.54) is 12.8 Å². The molecule has 2 saturated carbocycles. The van der Waals surface area contributed by atoms with Crippen LogP contribution in [0.5, 0.6) is 0 Å². The number of nitrogens with one attached hydrogen (secondary N) is 1. The Kier molecular flexibility index (Phi) is 5.76. The van der Waals surface area contributed by atoms with Crippen LogP contribution in [0.2, 0.25) is 0 Å². The van der Waals surface area contributed by atoms with Crippen molar-refractivity contribution in [2.24, 2.45) is 5.92 Å². The minimum atomic E-state index is -2.97. The average molecular weight is 410 g/mol. The Labute approximate surface area is 167 Å². The van der Waals surface area contributed by atoms with Gasteiger partial charge in [0, 0.05) is 12.3 Å². The maximum absolute atomic E-state index is 12.8. The highest BCUT2D eigenvalue weighted by Gasteiger charge is 2.40. The lowest BCUT2D eigenvalue weighted by Crippen LogP contribution is -2.47. The second kappa shape index (κ2) is 8.13. The molecular weight excluding hydrogens is 378 g/mol. The fourth-order valence-electron chi connectivity index (χ4n) is 5.12. The highest BCUT2D eigenvalue weighted by atomic mass is 32.2. The zero-order valence-corrected chi connectivity index (χ0v) is 17.3. The molecule has 8 heteroatoms. The number of hydrogen-bond donors (Lipinski definition) is 1. The number of amides is 1. The van der Waals surface area contributed by atoms with Crippen LogP contribution in [0, 0.1) is 5.92 Å². The van der Waals surface area contributed by atoms with Gasteiger partial charge in [-0.05, 0) is 38.0 Å². The number of nitrogens with zero attached hydrogens (tertiary/aromatic N) is 2. The van der Waals surface area contributed by atoms with Crippen molar-refractivity contribution in [3.8, 4) is 0 Å². The van der Waals surface area contributed by atoms with Gasteiger partial charge in [0.15, 0.2) is 15.7 Å². The van der Waals surface area contributed by atoms with E-state index in [2.05, 4.69) is 10.5 Å². The number of hydrogen-bond acceptors (Lipinski definition) is 6. The lowest BCUT2D eigenvalue weighted by atomic mass is 9.88. The van der Waals surface area contributed by atoms with Crippen molar-refractivity contribution in [1.82, 2.24) is 15.5 Å². The molecule has 28 heavy (non-hydrogen) atoms. The summed E-state index contributed by atoms with van der Waals surface area (Å²) in [6.45, 7) is 0. The Morgan fingerprint density at radius 3 is 2.43 bits per heavy atom. The third-order valence-corrected chi connectivity index (χ3v) is 8.55. The molecule has 1 atom stereocenters. The number of rotatable bonds is 5. The summed E-state index contributed by atoms with van der Waals surface area (Å²) in [4.78, 5) is 17.6. The van der Waals surface area contributed by atoms with E-state index in [0.29, 0.717) is 24.1 Å². The molecule has 1 aliphatic heterocycles. The molecule has 2 aliphatic carbocycles. The summed E-state index contributed by atoms with van der Waals surface area (Å²) in [5, 5.41) is 7.54. The summed E-state index contributed by atoms with van der Waals surface area (Å²) in [6.07, 6.45) is 11.4. The maximum atomic E-state index is 12.8. The Morgan fingerprint density at radius 2 is 1.79 bits per heavy atom. The van der Waals surface area contributed by atoms with E-state index < -0.39 is 15.4 Å². The van der Waals surface area contributed by atoms with Gasteiger partial charge in [-0.25, -0.2) is 8.42 Å². The van der Waals surface area contributed by atoms with Crippen LogP contribution < -0.4 is 5.32 Å². The molecule has 1 aromatic rings. The van der Waals surface area contributed by atoms with Crippen LogP contribution >= 0.6 is 0 Å². The van der Waals surface area contributed by atoms with Gasteiger partial charge in [-0.2, -0.15) is 4.98 Å². The first-order valence-corrected chi connectivity index (χ1v) is 12.6. The molecule has 7 nitrogen and oxygen atoms in total. The van der Waals surface area contributed by atoms with Crippen LogP contribution in [0.25, 0.3) is 0 Å². The van der Waals surface area contributed by atoms with Gasteiger partial charge in [0.05, 0.1) is 11.5 Å². The smallest absolute Gasteiger partial charge is 0.229 e. The minimum absolute atomic E-state index is 0.0767. The number of carbonyl (C=O) groups is 1. The molecule has 1 N–H and O–H groups in total. The number of carbonyl (C=O) groups excluding carboxylic acids is 1. The fraction of sp³-hybridized carbons (Fsp3) is 0.850. The highest BCUT2D eigenvalue weighted by Crippen LogP contribution is 2.38. The van der Waals surface area contributed by atoms with Crippen LogP contribution in [0.3, 0.4) is 0 Å². The van der Waals surface area contributed by atoms with Crippen LogP contribution in [-0.2, 0) is 20.2 Å². The highest BCUT2D eigenvalue weighted by molar-refractivity contribution is 7.91. The van der Waals surface area contributed by atoms with E-state index in [-0.39, 0.29) is 29.8 Å². The van der Waals surface area contributed by atoms with Crippen LogP contribution in [0.15, 0.2) is 4.52 Å². The molecule has 1 aromatic heterocycles. The molecule has 3 aliphatic rings. The van der Waals surface area contributed by atoms with Gasteiger partial charge in [0.25, 0.3) is 0 Å². The topological polar surface area (TPSA) is 102 Å². The third kappa shape index (κ3) is 4.42. The summed E-state index contributed by atoms with van der Waals surface area (Å²) in [5.74, 6) is 1.84. The van der Waals surface area contributed by atoms with Crippen LogP contribution in [0.1, 0.15) is 94.7 Å². The van der Waals surface area contributed by atoms with E-state index >= 15 is 0 Å². The van der Waals surface area contributed by atoms with Gasteiger partial charge in [-0.15, -0.1) is 0 Å². The van der Waals surface area contributed by atoms with Crippen molar-refractivity contribution in [1.29, 1.82) is 0 Å². The van der Waals surface area contributed by atoms with Gasteiger partial charge < -0.3 is 9.84 Å². The SMILES string of the molecule is O=C(CC1CCS(=O)(=O)C1)NC1(c2noc(C3CCCC3)n2)CCCCCC1. The minimum Gasteiger partial charge on any atom is -0.343 e. The summed E-state index contributed by atoms with van der Waals surface area (Å²) in [5.41, 5.74) is -0.578. The summed E-state index contributed by atoms with van der Waals surface area (Å²) < 4.78 is 29.0. The third-order valence-electron chi connectivity index (χ3n) is 6.71. The summed E-state index contributed by atoms with van der Waals surface area (Å²) in [7, 11) is -2.97. The molecule has 1 unspecified atom stereocenters. The number of sulfone groups is 1. The predicted octanol–water partition coefficient (Wildman–Crippen LogP) is 3.22. The van der Waals surface area contributed by atoms with Crippen molar-refractivity contribution in [2.75, 3.05) is 11.5 Å². The molecule has 0 radical (unpaired) electrons. The molecule has 1 amide bonds. The van der Waals surface area contributed by atoms with Crippen LogP contribution in [-0.4, -0.2) is 36.0 Å². The van der Waals surface area contributed by atoms with Gasteiger partial charge in [0.2, 0.25) is 11.8 Å². The molecular formula is C20H31N3O4S. The van der Waals surface area contributed by atoms with Crippen molar-refractivity contribution >= 4 is 15.7 Å².